The summed E-state index contributed by atoms with van der Waals surface area (Å²) in [6.45, 7) is 3.20. The number of carboxylic acid groups (broad SMARTS) is 1. The molecule has 1 aliphatic rings. The van der Waals surface area contributed by atoms with Crippen LogP contribution in [0.2, 0.25) is 0 Å². The number of nitrogens with two attached hydrogens (primary N) is 1. The van der Waals surface area contributed by atoms with Crippen LogP contribution < -0.4 is 16.4 Å². The molecule has 0 aromatic rings. The molecule has 0 aliphatic carbocycles. The molecule has 136 valence electrons. The van der Waals surface area contributed by atoms with Gasteiger partial charge in [0.15, 0.2) is 0 Å². The first-order chi connectivity index (χ1) is 11.2. The number of likely N-dealkylation sites (tertiary alicyclic amines) is 1. The summed E-state index contributed by atoms with van der Waals surface area (Å²) in [5.74, 6) is -2.53. The number of amides is 3. The molecule has 4 atom stereocenters. The van der Waals surface area contributed by atoms with Gasteiger partial charge in [0.25, 0.3) is 0 Å². The van der Waals surface area contributed by atoms with Crippen molar-refractivity contribution in [3.05, 3.63) is 0 Å². The van der Waals surface area contributed by atoms with Crippen LogP contribution in [0.5, 0.6) is 0 Å². The summed E-state index contributed by atoms with van der Waals surface area (Å²) in [6.07, 6.45) is 1.05. The molecule has 0 aromatic heterocycles. The van der Waals surface area contributed by atoms with Crippen molar-refractivity contribution in [1.29, 1.82) is 0 Å². The average Bonchev–Trinajstić information content (AvgIpc) is 3.00. The van der Waals surface area contributed by atoms with Crippen LogP contribution in [-0.4, -0.2) is 70.2 Å². The fourth-order valence-corrected chi connectivity index (χ4v) is 2.61. The van der Waals surface area contributed by atoms with Gasteiger partial charge < -0.3 is 26.4 Å². The smallest absolute Gasteiger partial charge is 0.325 e. The Kier molecular flexibility index (Phi) is 7.49. The number of carbonyl (C=O) groups is 4. The largest absolute Gasteiger partial charge is 0.480 e. The lowest BCUT2D eigenvalue weighted by molar-refractivity contribution is -0.144. The number of aliphatic carboxylic acids is 1. The highest BCUT2D eigenvalue weighted by Crippen LogP contribution is 2.19. The Morgan fingerprint density at radius 1 is 1.29 bits per heavy atom. The lowest BCUT2D eigenvalue weighted by Gasteiger charge is -2.28. The maximum absolute atomic E-state index is 12.6. The molecule has 9 nitrogen and oxygen atoms in total. The van der Waals surface area contributed by atoms with Gasteiger partial charge in [-0.15, -0.1) is 0 Å². The summed E-state index contributed by atoms with van der Waals surface area (Å²) in [5, 5.41) is 13.7. The van der Waals surface area contributed by atoms with E-state index < -0.39 is 47.9 Å². The molecule has 1 rings (SSSR count). The molecule has 1 fully saturated rings. The Bertz CT molecular complexity index is 513. The van der Waals surface area contributed by atoms with Crippen LogP contribution in [0.15, 0.2) is 0 Å². The molecule has 10 heteroatoms. The van der Waals surface area contributed by atoms with Crippen LogP contribution in [0, 0.1) is 0 Å². The molecule has 24 heavy (non-hydrogen) atoms. The number of carbonyl (C=O) groups excluding carboxylic acids is 3. The van der Waals surface area contributed by atoms with E-state index in [-0.39, 0.29) is 5.75 Å². The summed E-state index contributed by atoms with van der Waals surface area (Å²) in [4.78, 5) is 48.7. The van der Waals surface area contributed by atoms with Crippen molar-refractivity contribution in [1.82, 2.24) is 15.5 Å². The minimum atomic E-state index is -1.16. The van der Waals surface area contributed by atoms with E-state index in [0.29, 0.717) is 19.4 Å². The third-order valence-electron chi connectivity index (χ3n) is 3.78. The fourth-order valence-electron chi connectivity index (χ4n) is 2.36. The molecule has 4 unspecified atom stereocenters. The summed E-state index contributed by atoms with van der Waals surface area (Å²) in [6, 6.07) is -3.46. The van der Waals surface area contributed by atoms with Crippen LogP contribution in [-0.2, 0) is 19.2 Å². The van der Waals surface area contributed by atoms with Gasteiger partial charge in [0, 0.05) is 12.3 Å². The highest BCUT2D eigenvalue weighted by molar-refractivity contribution is 7.80. The minimum absolute atomic E-state index is 0.0632. The normalized spacial score (nSPS) is 20.8. The molecular formula is C14H24N4O5S. The first-order valence-electron chi connectivity index (χ1n) is 7.69. The lowest BCUT2D eigenvalue weighted by Crippen LogP contribution is -2.56. The molecule has 0 aromatic carbocycles. The van der Waals surface area contributed by atoms with Crippen molar-refractivity contribution in [3.8, 4) is 0 Å². The zero-order valence-corrected chi connectivity index (χ0v) is 14.6. The minimum Gasteiger partial charge on any atom is -0.480 e. The van der Waals surface area contributed by atoms with Crippen LogP contribution in [0.3, 0.4) is 0 Å². The molecule has 1 saturated heterocycles. The van der Waals surface area contributed by atoms with Crippen LogP contribution in [0.4, 0.5) is 0 Å². The standard InChI is InChI=1S/C14H24N4O5S/c1-7(15)11(19)17-9(6-24)13(21)18-5-3-4-10(18)12(20)16-8(2)14(22)23/h7-10,24H,3-6,15H2,1-2H3,(H,16,20)(H,17,19)(H,22,23). The fraction of sp³-hybridized carbons (Fsp3) is 0.714. The molecule has 0 saturated carbocycles. The highest BCUT2D eigenvalue weighted by Gasteiger charge is 2.38. The van der Waals surface area contributed by atoms with Gasteiger partial charge in [-0.25, -0.2) is 0 Å². The monoisotopic (exact) mass is 360 g/mol. The van der Waals surface area contributed by atoms with Gasteiger partial charge >= 0.3 is 5.97 Å². The van der Waals surface area contributed by atoms with Crippen molar-refractivity contribution in [2.75, 3.05) is 12.3 Å². The van der Waals surface area contributed by atoms with Crippen LogP contribution in [0.1, 0.15) is 26.7 Å². The number of hydrogen-bond acceptors (Lipinski definition) is 6. The van der Waals surface area contributed by atoms with E-state index in [1.165, 1.54) is 18.7 Å². The first kappa shape index (κ1) is 20.2. The van der Waals surface area contributed by atoms with Crippen molar-refractivity contribution in [2.24, 2.45) is 5.73 Å². The molecule has 0 radical (unpaired) electrons. The van der Waals surface area contributed by atoms with Crippen molar-refractivity contribution >= 4 is 36.3 Å². The molecule has 3 amide bonds. The number of nitrogens with one attached hydrogen (secondary N) is 2. The van der Waals surface area contributed by atoms with E-state index in [4.69, 9.17) is 10.8 Å². The first-order valence-corrected chi connectivity index (χ1v) is 8.32. The van der Waals surface area contributed by atoms with Gasteiger partial charge in [-0.2, -0.15) is 12.6 Å². The van der Waals surface area contributed by atoms with E-state index in [1.54, 1.807) is 0 Å². The van der Waals surface area contributed by atoms with Gasteiger partial charge in [-0.1, -0.05) is 0 Å². The van der Waals surface area contributed by atoms with Crippen molar-refractivity contribution in [3.63, 3.8) is 0 Å². The van der Waals surface area contributed by atoms with Crippen molar-refractivity contribution in [2.45, 2.75) is 50.9 Å². The molecular weight excluding hydrogens is 336 g/mol. The highest BCUT2D eigenvalue weighted by atomic mass is 32.1. The summed E-state index contributed by atoms with van der Waals surface area (Å²) < 4.78 is 0. The van der Waals surface area contributed by atoms with Crippen molar-refractivity contribution < 1.29 is 24.3 Å². The van der Waals surface area contributed by atoms with Gasteiger partial charge in [0.1, 0.15) is 18.1 Å². The topological polar surface area (TPSA) is 142 Å². The zero-order valence-electron chi connectivity index (χ0n) is 13.7. The quantitative estimate of drug-likeness (QED) is 0.344. The summed E-state index contributed by atoms with van der Waals surface area (Å²) >= 11 is 4.07. The third kappa shape index (κ3) is 5.10. The number of thiol groups is 1. The Morgan fingerprint density at radius 2 is 1.92 bits per heavy atom. The van der Waals surface area contributed by atoms with E-state index in [2.05, 4.69) is 23.3 Å². The molecule has 1 heterocycles. The summed E-state index contributed by atoms with van der Waals surface area (Å²) in [7, 11) is 0. The number of nitrogens with zero attached hydrogens (tertiary/aromatic N) is 1. The molecule has 0 bridgehead atoms. The van der Waals surface area contributed by atoms with Gasteiger partial charge in [-0.3, -0.25) is 19.2 Å². The zero-order chi connectivity index (χ0) is 18.4. The molecule has 0 spiro atoms. The Labute approximate surface area is 145 Å². The number of rotatable bonds is 7. The SMILES string of the molecule is CC(N)C(=O)NC(CS)C(=O)N1CCCC1C(=O)NC(C)C(=O)O. The van der Waals surface area contributed by atoms with Gasteiger partial charge in [-0.05, 0) is 26.7 Å². The average molecular weight is 360 g/mol. The van der Waals surface area contributed by atoms with Gasteiger partial charge in [0.05, 0.1) is 6.04 Å². The lowest BCUT2D eigenvalue weighted by atomic mass is 10.1. The maximum Gasteiger partial charge on any atom is 0.325 e. The van der Waals surface area contributed by atoms with E-state index in [1.807, 2.05) is 0 Å². The van der Waals surface area contributed by atoms with Crippen LogP contribution >= 0.6 is 12.6 Å². The molecule has 1 aliphatic heterocycles. The van der Waals surface area contributed by atoms with E-state index >= 15 is 0 Å². The number of hydrogen-bond donors (Lipinski definition) is 5. The Morgan fingerprint density at radius 3 is 2.42 bits per heavy atom. The second-order valence-corrected chi connectivity index (χ2v) is 6.16. The maximum atomic E-state index is 12.6. The summed E-state index contributed by atoms with van der Waals surface area (Å²) in [5.41, 5.74) is 5.47. The van der Waals surface area contributed by atoms with E-state index in [9.17, 15) is 19.2 Å². The second kappa shape index (κ2) is 8.88. The third-order valence-corrected chi connectivity index (χ3v) is 4.14. The Balaban J connectivity index is 2.78. The Hall–Kier alpha value is -1.81. The van der Waals surface area contributed by atoms with E-state index in [0.717, 1.165) is 0 Å². The molecule has 5 N–H and O–H groups in total. The second-order valence-electron chi connectivity index (χ2n) is 5.79. The predicted octanol–water partition coefficient (Wildman–Crippen LogP) is -1.67. The van der Waals surface area contributed by atoms with Gasteiger partial charge in [0.2, 0.25) is 17.7 Å². The number of carboxylic acids is 1. The predicted molar refractivity (Wildman–Crippen MR) is 89.4 cm³/mol. The van der Waals surface area contributed by atoms with Crippen LogP contribution in [0.25, 0.3) is 0 Å².